The van der Waals surface area contributed by atoms with E-state index in [-0.39, 0.29) is 11.2 Å². The number of hydrogen-bond acceptors (Lipinski definition) is 3. The largest absolute Gasteiger partial charge is 0.491 e. The minimum Gasteiger partial charge on any atom is -0.400 e. The van der Waals surface area contributed by atoms with Crippen molar-refractivity contribution in [2.24, 2.45) is 5.73 Å². The van der Waals surface area contributed by atoms with Gasteiger partial charge in [-0.3, -0.25) is 0 Å². The van der Waals surface area contributed by atoms with Crippen LogP contribution in [0.5, 0.6) is 0 Å². The first-order chi connectivity index (χ1) is 9.66. The summed E-state index contributed by atoms with van der Waals surface area (Å²) in [6, 6.07) is 5.90. The molecule has 114 valence electrons. The van der Waals surface area contributed by atoms with Crippen molar-refractivity contribution in [2.45, 2.75) is 45.8 Å². The third kappa shape index (κ3) is 3.34. The summed E-state index contributed by atoms with van der Waals surface area (Å²) in [5, 5.41) is 0.697. The van der Waals surface area contributed by atoms with E-state index in [0.717, 1.165) is 16.6 Å². The van der Waals surface area contributed by atoms with E-state index >= 15 is 0 Å². The summed E-state index contributed by atoms with van der Waals surface area (Å²) >= 11 is 6.25. The van der Waals surface area contributed by atoms with Gasteiger partial charge >= 0.3 is 7.12 Å². The Kier molecular flexibility index (Phi) is 4.55. The lowest BCUT2D eigenvalue weighted by molar-refractivity contribution is 0.00578. The van der Waals surface area contributed by atoms with Crippen LogP contribution < -0.4 is 5.73 Å². The highest BCUT2D eigenvalue weighted by atomic mass is 35.5. The summed E-state index contributed by atoms with van der Waals surface area (Å²) in [6.07, 6.45) is 1.97. The fraction of sp³-hybridized carbons (Fsp3) is 0.500. The van der Waals surface area contributed by atoms with Gasteiger partial charge in [0, 0.05) is 11.6 Å². The number of benzene rings is 1. The standard InChI is InChI=1S/C16H23BClNO2/c1-11-6-7-14(18)12(8-11)9-13(10-19)17-20-15(2,3)16(4,5)21-17/h6-9H,10,19H2,1-5H3. The Morgan fingerprint density at radius 2 is 1.81 bits per heavy atom. The Balaban J connectivity index is 2.33. The van der Waals surface area contributed by atoms with Gasteiger partial charge < -0.3 is 15.0 Å². The second kappa shape index (κ2) is 5.77. The summed E-state index contributed by atoms with van der Waals surface area (Å²) in [6.45, 7) is 10.5. The van der Waals surface area contributed by atoms with Gasteiger partial charge in [0.2, 0.25) is 0 Å². The zero-order chi connectivity index (χ0) is 15.8. The quantitative estimate of drug-likeness (QED) is 0.867. The fourth-order valence-electron chi connectivity index (χ4n) is 2.19. The minimum absolute atomic E-state index is 0.362. The Morgan fingerprint density at radius 1 is 1.24 bits per heavy atom. The van der Waals surface area contributed by atoms with Crippen LogP contribution >= 0.6 is 11.6 Å². The van der Waals surface area contributed by atoms with E-state index in [4.69, 9.17) is 26.6 Å². The first-order valence-electron chi connectivity index (χ1n) is 7.18. The van der Waals surface area contributed by atoms with Crippen molar-refractivity contribution in [1.82, 2.24) is 0 Å². The van der Waals surface area contributed by atoms with E-state index in [9.17, 15) is 0 Å². The highest BCUT2D eigenvalue weighted by molar-refractivity contribution is 6.56. The van der Waals surface area contributed by atoms with Gasteiger partial charge in [0.15, 0.2) is 0 Å². The van der Waals surface area contributed by atoms with Gasteiger partial charge in [-0.05, 0) is 51.7 Å². The molecule has 1 aromatic rings. The summed E-state index contributed by atoms with van der Waals surface area (Å²) in [5.74, 6) is 0. The van der Waals surface area contributed by atoms with Gasteiger partial charge in [0.25, 0.3) is 0 Å². The number of hydrogen-bond donors (Lipinski definition) is 1. The molecular formula is C16H23BClNO2. The molecule has 21 heavy (non-hydrogen) atoms. The number of rotatable bonds is 3. The molecule has 0 radical (unpaired) electrons. The summed E-state index contributed by atoms with van der Waals surface area (Å²) < 4.78 is 12.1. The molecule has 2 N–H and O–H groups in total. The van der Waals surface area contributed by atoms with Crippen molar-refractivity contribution in [3.63, 3.8) is 0 Å². The molecule has 1 aliphatic heterocycles. The van der Waals surface area contributed by atoms with E-state index in [1.54, 1.807) is 0 Å². The smallest absolute Gasteiger partial charge is 0.400 e. The molecule has 1 aliphatic rings. The highest BCUT2D eigenvalue weighted by Gasteiger charge is 2.52. The monoisotopic (exact) mass is 307 g/mol. The molecule has 3 nitrogen and oxygen atoms in total. The normalized spacial score (nSPS) is 20.9. The fourth-order valence-corrected chi connectivity index (χ4v) is 2.36. The first kappa shape index (κ1) is 16.6. The first-order valence-corrected chi connectivity index (χ1v) is 7.56. The predicted molar refractivity (Wildman–Crippen MR) is 89.3 cm³/mol. The lowest BCUT2D eigenvalue weighted by Gasteiger charge is -2.32. The number of aryl methyl sites for hydroxylation is 1. The lowest BCUT2D eigenvalue weighted by Crippen LogP contribution is -2.41. The molecular weight excluding hydrogens is 284 g/mol. The van der Waals surface area contributed by atoms with Gasteiger partial charge in [-0.1, -0.05) is 35.4 Å². The van der Waals surface area contributed by atoms with Crippen molar-refractivity contribution >= 4 is 24.8 Å². The van der Waals surface area contributed by atoms with E-state index in [2.05, 4.69) is 0 Å². The maximum Gasteiger partial charge on any atom is 0.491 e. The molecule has 0 atom stereocenters. The third-order valence-corrected chi connectivity index (χ3v) is 4.63. The van der Waals surface area contributed by atoms with Crippen LogP contribution in [0.2, 0.25) is 5.02 Å². The topological polar surface area (TPSA) is 44.5 Å². The number of halogens is 1. The molecule has 0 aliphatic carbocycles. The molecule has 1 saturated heterocycles. The van der Waals surface area contributed by atoms with Crippen molar-refractivity contribution in [3.8, 4) is 0 Å². The predicted octanol–water partition coefficient (Wildman–Crippen LogP) is 3.62. The van der Waals surface area contributed by atoms with Crippen molar-refractivity contribution in [1.29, 1.82) is 0 Å². The van der Waals surface area contributed by atoms with Gasteiger partial charge in [-0.15, -0.1) is 0 Å². The molecule has 0 spiro atoms. The maximum absolute atomic E-state index is 6.25. The van der Waals surface area contributed by atoms with Crippen LogP contribution in [-0.4, -0.2) is 24.9 Å². The van der Waals surface area contributed by atoms with E-state index in [1.807, 2.05) is 58.9 Å². The molecule has 0 saturated carbocycles. The van der Waals surface area contributed by atoms with Gasteiger partial charge in [0.05, 0.1) is 11.2 Å². The zero-order valence-electron chi connectivity index (χ0n) is 13.4. The average Bonchev–Trinajstić information content (AvgIpc) is 2.59. The second-order valence-electron chi connectivity index (χ2n) is 6.54. The molecule has 2 rings (SSSR count). The molecule has 0 bridgehead atoms. The van der Waals surface area contributed by atoms with Gasteiger partial charge in [0.1, 0.15) is 0 Å². The summed E-state index contributed by atoms with van der Waals surface area (Å²) in [5.41, 5.74) is 8.12. The molecule has 1 heterocycles. The van der Waals surface area contributed by atoms with Crippen LogP contribution in [0.25, 0.3) is 6.08 Å². The molecule has 0 aromatic heterocycles. The van der Waals surface area contributed by atoms with Crippen LogP contribution in [0.1, 0.15) is 38.8 Å². The second-order valence-corrected chi connectivity index (χ2v) is 6.94. The number of nitrogens with two attached hydrogens (primary N) is 1. The molecule has 0 amide bonds. The molecule has 5 heteroatoms. The maximum atomic E-state index is 6.25. The Labute approximate surface area is 132 Å². The summed E-state index contributed by atoms with van der Waals surface area (Å²) in [4.78, 5) is 0. The van der Waals surface area contributed by atoms with Gasteiger partial charge in [-0.25, -0.2) is 0 Å². The van der Waals surface area contributed by atoms with Crippen LogP contribution in [0.4, 0.5) is 0 Å². The van der Waals surface area contributed by atoms with Crippen LogP contribution in [0, 0.1) is 6.92 Å². The van der Waals surface area contributed by atoms with Crippen molar-refractivity contribution in [2.75, 3.05) is 6.54 Å². The lowest BCUT2D eigenvalue weighted by atomic mass is 9.77. The van der Waals surface area contributed by atoms with Crippen molar-refractivity contribution in [3.05, 3.63) is 39.8 Å². The SMILES string of the molecule is Cc1ccc(Cl)c(C=C(CN)B2OC(C)(C)C(C)(C)O2)c1. The highest BCUT2D eigenvalue weighted by Crippen LogP contribution is 2.38. The third-order valence-electron chi connectivity index (χ3n) is 4.28. The van der Waals surface area contributed by atoms with Crippen LogP contribution in [0.15, 0.2) is 23.7 Å². The van der Waals surface area contributed by atoms with E-state index < -0.39 is 7.12 Å². The molecule has 1 fully saturated rings. The summed E-state index contributed by atoms with van der Waals surface area (Å²) in [7, 11) is -0.434. The Hall–Kier alpha value is -0.805. The Bertz CT molecular complexity index is 553. The average molecular weight is 308 g/mol. The van der Waals surface area contributed by atoms with Crippen LogP contribution in [0.3, 0.4) is 0 Å². The zero-order valence-corrected chi connectivity index (χ0v) is 14.1. The Morgan fingerprint density at radius 3 is 2.33 bits per heavy atom. The van der Waals surface area contributed by atoms with Gasteiger partial charge in [-0.2, -0.15) is 0 Å². The minimum atomic E-state index is -0.434. The van der Waals surface area contributed by atoms with Crippen molar-refractivity contribution < 1.29 is 9.31 Å². The molecule has 0 unspecified atom stereocenters. The van der Waals surface area contributed by atoms with Crippen LogP contribution in [-0.2, 0) is 9.31 Å². The molecule has 1 aromatic carbocycles. The van der Waals surface area contributed by atoms with E-state index in [0.29, 0.717) is 11.6 Å². The van der Waals surface area contributed by atoms with E-state index in [1.165, 1.54) is 0 Å².